The molecule has 0 bridgehead atoms. The molecule has 3 heterocycles. The van der Waals surface area contributed by atoms with E-state index in [2.05, 4.69) is 15.0 Å². The van der Waals surface area contributed by atoms with E-state index in [-0.39, 0.29) is 17.0 Å². The zero-order valence-corrected chi connectivity index (χ0v) is 14.5. The molecule has 2 atom stereocenters. The molecular formula is C17H18N4O3S. The van der Waals surface area contributed by atoms with Gasteiger partial charge >= 0.3 is 0 Å². The van der Waals surface area contributed by atoms with Crippen LogP contribution in [-0.2, 0) is 14.8 Å². The molecule has 0 saturated carbocycles. The molecule has 1 saturated heterocycles. The first-order valence-electron chi connectivity index (χ1n) is 7.98. The number of benzene rings is 1. The number of imidazole rings is 1. The van der Waals surface area contributed by atoms with Crippen molar-refractivity contribution in [1.82, 2.24) is 19.3 Å². The van der Waals surface area contributed by atoms with Crippen molar-refractivity contribution in [1.29, 1.82) is 0 Å². The lowest BCUT2D eigenvalue weighted by Gasteiger charge is -2.22. The summed E-state index contributed by atoms with van der Waals surface area (Å²) in [4.78, 5) is 11.8. The lowest BCUT2D eigenvalue weighted by atomic mass is 10.2. The van der Waals surface area contributed by atoms with Gasteiger partial charge in [-0.1, -0.05) is 6.07 Å². The monoisotopic (exact) mass is 358 g/mol. The number of hydrogen-bond donors (Lipinski definition) is 1. The van der Waals surface area contributed by atoms with Crippen molar-refractivity contribution in [3.05, 3.63) is 54.7 Å². The summed E-state index contributed by atoms with van der Waals surface area (Å²) >= 11 is 0. The molecule has 2 aromatic heterocycles. The quantitative estimate of drug-likeness (QED) is 0.772. The summed E-state index contributed by atoms with van der Waals surface area (Å²) in [6, 6.07) is 8.28. The fraction of sp³-hybridized carbons (Fsp3) is 0.294. The fourth-order valence-corrected chi connectivity index (χ4v) is 4.93. The smallest absolute Gasteiger partial charge is 0.243 e. The van der Waals surface area contributed by atoms with Gasteiger partial charge in [0.25, 0.3) is 0 Å². The molecule has 1 N–H and O–H groups in total. The van der Waals surface area contributed by atoms with Crippen molar-refractivity contribution >= 4 is 20.9 Å². The Morgan fingerprint density at radius 2 is 2.12 bits per heavy atom. The Balaban J connectivity index is 1.76. The van der Waals surface area contributed by atoms with Gasteiger partial charge in [-0.05, 0) is 30.7 Å². The van der Waals surface area contributed by atoms with E-state index in [1.165, 1.54) is 4.31 Å². The van der Waals surface area contributed by atoms with Gasteiger partial charge in [0.15, 0.2) is 0 Å². The molecule has 1 aromatic carbocycles. The molecule has 1 unspecified atom stereocenters. The van der Waals surface area contributed by atoms with Crippen LogP contribution in [0, 0.1) is 0 Å². The van der Waals surface area contributed by atoms with E-state index in [1.807, 2.05) is 6.07 Å². The van der Waals surface area contributed by atoms with E-state index >= 15 is 0 Å². The molecule has 25 heavy (non-hydrogen) atoms. The molecule has 130 valence electrons. The van der Waals surface area contributed by atoms with Crippen molar-refractivity contribution in [2.45, 2.75) is 23.5 Å². The molecule has 0 spiro atoms. The molecule has 1 aliphatic rings. The predicted octanol–water partition coefficient (Wildman–Crippen LogP) is 2.11. The number of fused-ring (bicyclic) bond motifs is 1. The number of aromatic nitrogens is 3. The Kier molecular flexibility index (Phi) is 4.03. The van der Waals surface area contributed by atoms with Crippen LogP contribution < -0.4 is 0 Å². The lowest BCUT2D eigenvalue weighted by molar-refractivity contribution is 0.114. The number of methoxy groups -OCH3 is 1. The summed E-state index contributed by atoms with van der Waals surface area (Å²) in [7, 11) is -2.08. The van der Waals surface area contributed by atoms with Crippen molar-refractivity contribution < 1.29 is 13.2 Å². The van der Waals surface area contributed by atoms with Gasteiger partial charge < -0.3 is 9.72 Å². The first kappa shape index (κ1) is 16.2. The summed E-state index contributed by atoms with van der Waals surface area (Å²) in [5.74, 6) is 0.630. The Labute approximate surface area is 145 Å². The standard InChI is InChI=1S/C17H18N4O3S/c1-24-13-10-16(17-19-7-8-20-17)21(11-13)25(22,23)14-4-5-15-12(9-14)3-2-6-18-15/h2-9,13,16H,10-11H2,1H3,(H,19,20)/t13-,16?/m1/s1. The Bertz CT molecular complexity index is 988. The van der Waals surface area contributed by atoms with Crippen LogP contribution in [0.2, 0.25) is 0 Å². The molecule has 0 amide bonds. The summed E-state index contributed by atoms with van der Waals surface area (Å²) in [5.41, 5.74) is 0.764. The normalized spacial score (nSPS) is 21.8. The number of sulfonamides is 1. The topological polar surface area (TPSA) is 88.2 Å². The van der Waals surface area contributed by atoms with Gasteiger partial charge in [-0.3, -0.25) is 4.98 Å². The number of ether oxygens (including phenoxy) is 1. The second kappa shape index (κ2) is 6.21. The van der Waals surface area contributed by atoms with Crippen LogP contribution in [0.4, 0.5) is 0 Å². The number of nitrogens with one attached hydrogen (secondary N) is 1. The minimum absolute atomic E-state index is 0.160. The van der Waals surface area contributed by atoms with Crippen LogP contribution in [0.3, 0.4) is 0 Å². The minimum Gasteiger partial charge on any atom is -0.380 e. The third-order valence-corrected chi connectivity index (χ3v) is 6.44. The number of rotatable bonds is 4. The third-order valence-electron chi connectivity index (χ3n) is 4.57. The molecular weight excluding hydrogens is 340 g/mol. The first-order chi connectivity index (χ1) is 12.1. The highest BCUT2D eigenvalue weighted by Gasteiger charge is 2.42. The van der Waals surface area contributed by atoms with Crippen molar-refractivity contribution in [3.63, 3.8) is 0 Å². The average molecular weight is 358 g/mol. The van der Waals surface area contributed by atoms with E-state index in [0.717, 1.165) is 10.9 Å². The van der Waals surface area contributed by atoms with Gasteiger partial charge in [0.2, 0.25) is 10.0 Å². The molecule has 0 radical (unpaired) electrons. The maximum absolute atomic E-state index is 13.3. The molecule has 8 heteroatoms. The first-order valence-corrected chi connectivity index (χ1v) is 9.42. The predicted molar refractivity (Wildman–Crippen MR) is 92.4 cm³/mol. The van der Waals surface area contributed by atoms with Gasteiger partial charge in [0, 0.05) is 37.6 Å². The molecule has 3 aromatic rings. The van der Waals surface area contributed by atoms with Crippen LogP contribution >= 0.6 is 0 Å². The zero-order chi connectivity index (χ0) is 17.4. The van der Waals surface area contributed by atoms with Gasteiger partial charge in [0.05, 0.1) is 22.6 Å². The number of hydrogen-bond acceptors (Lipinski definition) is 5. The third kappa shape index (κ3) is 2.82. The van der Waals surface area contributed by atoms with Crippen molar-refractivity contribution in [2.75, 3.05) is 13.7 Å². The highest BCUT2D eigenvalue weighted by atomic mass is 32.2. The summed E-state index contributed by atoms with van der Waals surface area (Å²) in [6.07, 6.45) is 5.42. The van der Waals surface area contributed by atoms with E-state index in [4.69, 9.17) is 4.74 Å². The second-order valence-corrected chi connectivity index (χ2v) is 7.91. The van der Waals surface area contributed by atoms with Crippen LogP contribution in [0.5, 0.6) is 0 Å². The van der Waals surface area contributed by atoms with Gasteiger partial charge in [-0.2, -0.15) is 4.31 Å². The van der Waals surface area contributed by atoms with E-state index in [9.17, 15) is 8.42 Å². The lowest BCUT2D eigenvalue weighted by Crippen LogP contribution is -2.32. The zero-order valence-electron chi connectivity index (χ0n) is 13.7. The number of nitrogens with zero attached hydrogens (tertiary/aromatic N) is 3. The van der Waals surface area contributed by atoms with E-state index < -0.39 is 10.0 Å². The average Bonchev–Trinajstić information content (AvgIpc) is 3.30. The number of aromatic amines is 1. The van der Waals surface area contributed by atoms with Gasteiger partial charge in [0.1, 0.15) is 5.82 Å². The summed E-state index contributed by atoms with van der Waals surface area (Å²) < 4.78 is 33.4. The van der Waals surface area contributed by atoms with Crippen LogP contribution in [0.25, 0.3) is 10.9 Å². The number of pyridine rings is 1. The molecule has 0 aliphatic carbocycles. The van der Waals surface area contributed by atoms with Crippen LogP contribution in [0.1, 0.15) is 18.3 Å². The van der Waals surface area contributed by atoms with Gasteiger partial charge in [-0.15, -0.1) is 0 Å². The second-order valence-electron chi connectivity index (χ2n) is 6.02. The molecule has 7 nitrogen and oxygen atoms in total. The Hall–Kier alpha value is -2.29. The number of H-pyrrole nitrogens is 1. The maximum Gasteiger partial charge on any atom is 0.243 e. The summed E-state index contributed by atoms with van der Waals surface area (Å²) in [5, 5.41) is 0.792. The van der Waals surface area contributed by atoms with Crippen LogP contribution in [-0.4, -0.2) is 47.4 Å². The van der Waals surface area contributed by atoms with E-state index in [0.29, 0.717) is 18.8 Å². The Morgan fingerprint density at radius 3 is 2.88 bits per heavy atom. The molecule has 4 rings (SSSR count). The van der Waals surface area contributed by atoms with Crippen molar-refractivity contribution in [2.24, 2.45) is 0 Å². The molecule has 1 aliphatic heterocycles. The highest BCUT2D eigenvalue weighted by Crippen LogP contribution is 2.36. The Morgan fingerprint density at radius 1 is 1.24 bits per heavy atom. The molecule has 1 fully saturated rings. The van der Waals surface area contributed by atoms with Gasteiger partial charge in [-0.25, -0.2) is 13.4 Å². The van der Waals surface area contributed by atoms with Crippen LogP contribution in [0.15, 0.2) is 53.8 Å². The maximum atomic E-state index is 13.3. The highest BCUT2D eigenvalue weighted by molar-refractivity contribution is 7.89. The largest absolute Gasteiger partial charge is 0.380 e. The minimum atomic E-state index is -3.68. The van der Waals surface area contributed by atoms with E-state index in [1.54, 1.807) is 50.0 Å². The SMILES string of the molecule is CO[C@@H]1CC(c2ncc[nH]2)N(S(=O)(=O)c2ccc3ncccc3c2)C1. The van der Waals surface area contributed by atoms with Crippen molar-refractivity contribution in [3.8, 4) is 0 Å². The fourth-order valence-electron chi connectivity index (χ4n) is 3.26. The summed E-state index contributed by atoms with van der Waals surface area (Å²) in [6.45, 7) is 0.301.